The summed E-state index contributed by atoms with van der Waals surface area (Å²) in [7, 11) is 0. The van der Waals surface area contributed by atoms with E-state index in [0.29, 0.717) is 18.0 Å². The summed E-state index contributed by atoms with van der Waals surface area (Å²) in [5.41, 5.74) is 1.74. The van der Waals surface area contributed by atoms with Crippen molar-refractivity contribution in [2.75, 3.05) is 6.61 Å². The van der Waals surface area contributed by atoms with E-state index in [4.69, 9.17) is 9.84 Å². The largest absolute Gasteiger partial charge is 0.492 e. The Labute approximate surface area is 172 Å². The first-order valence-corrected chi connectivity index (χ1v) is 9.27. The zero-order chi connectivity index (χ0) is 21.7. The van der Waals surface area contributed by atoms with Crippen LogP contribution in [0.4, 0.5) is 4.39 Å². The minimum Gasteiger partial charge on any atom is -0.492 e. The van der Waals surface area contributed by atoms with Crippen molar-refractivity contribution >= 4 is 11.9 Å². The number of rotatable bonds is 8. The number of carbonyl (C=O) groups excluding carboxylic acids is 1. The van der Waals surface area contributed by atoms with Gasteiger partial charge in [0.15, 0.2) is 5.69 Å². The number of nitrogens with one attached hydrogen (secondary N) is 1. The van der Waals surface area contributed by atoms with E-state index in [1.54, 1.807) is 30.7 Å². The van der Waals surface area contributed by atoms with Crippen LogP contribution in [0.2, 0.25) is 0 Å². The van der Waals surface area contributed by atoms with Gasteiger partial charge in [-0.2, -0.15) is 0 Å². The van der Waals surface area contributed by atoms with Crippen LogP contribution in [0.1, 0.15) is 45.1 Å². The number of hydrogen-bond acceptors (Lipinski definition) is 5. The monoisotopic (exact) mass is 412 g/mol. The van der Waals surface area contributed by atoms with Crippen molar-refractivity contribution in [2.45, 2.75) is 26.4 Å². The van der Waals surface area contributed by atoms with Crippen LogP contribution in [0, 0.1) is 12.7 Å². The molecule has 156 valence electrons. The van der Waals surface area contributed by atoms with Gasteiger partial charge in [0, 0.05) is 0 Å². The van der Waals surface area contributed by atoms with Crippen molar-refractivity contribution in [2.24, 2.45) is 0 Å². The zero-order valence-corrected chi connectivity index (χ0v) is 16.5. The zero-order valence-electron chi connectivity index (χ0n) is 16.5. The van der Waals surface area contributed by atoms with Crippen LogP contribution in [0.15, 0.2) is 48.5 Å². The van der Waals surface area contributed by atoms with Gasteiger partial charge in [-0.05, 0) is 55.8 Å². The predicted molar refractivity (Wildman–Crippen MR) is 106 cm³/mol. The van der Waals surface area contributed by atoms with Gasteiger partial charge < -0.3 is 15.2 Å². The molecule has 1 amide bonds. The van der Waals surface area contributed by atoms with Gasteiger partial charge in [-0.1, -0.05) is 17.3 Å². The van der Waals surface area contributed by atoms with Crippen LogP contribution in [0.25, 0.3) is 0 Å². The number of ether oxygens (including phenoxy) is 1. The molecule has 2 aromatic carbocycles. The Bertz CT molecular complexity index is 1030. The molecular weight excluding hydrogens is 391 g/mol. The lowest BCUT2D eigenvalue weighted by molar-refractivity contribution is 0.0696. The molecule has 0 saturated heterocycles. The lowest BCUT2D eigenvalue weighted by atomic mass is 10.1. The van der Waals surface area contributed by atoms with Crippen molar-refractivity contribution < 1.29 is 23.8 Å². The van der Waals surface area contributed by atoms with E-state index >= 15 is 0 Å². The Morgan fingerprint density at radius 1 is 1.17 bits per heavy atom. The minimum absolute atomic E-state index is 0.180. The third kappa shape index (κ3) is 4.99. The number of amides is 1. The van der Waals surface area contributed by atoms with Crippen LogP contribution >= 0.6 is 0 Å². The molecule has 30 heavy (non-hydrogen) atoms. The van der Waals surface area contributed by atoms with Crippen LogP contribution in [0.5, 0.6) is 5.75 Å². The molecule has 2 N–H and O–H groups in total. The number of carboxylic acids is 1. The second kappa shape index (κ2) is 9.17. The summed E-state index contributed by atoms with van der Waals surface area (Å²) in [6.07, 6.45) is 0. The van der Waals surface area contributed by atoms with Crippen LogP contribution in [0.3, 0.4) is 0 Å². The second-order valence-electron chi connectivity index (χ2n) is 6.67. The van der Waals surface area contributed by atoms with E-state index in [2.05, 4.69) is 15.6 Å². The molecule has 1 atom stereocenters. The summed E-state index contributed by atoms with van der Waals surface area (Å²) in [6, 6.07) is 11.7. The molecule has 0 aliphatic carbocycles. The third-order valence-corrected chi connectivity index (χ3v) is 4.59. The van der Waals surface area contributed by atoms with E-state index in [1.165, 1.54) is 36.4 Å². The molecule has 0 spiro atoms. The number of carbonyl (C=O) groups is 2. The highest BCUT2D eigenvalue weighted by atomic mass is 19.1. The number of carboxylic acid groups (broad SMARTS) is 1. The summed E-state index contributed by atoms with van der Waals surface area (Å²) < 4.78 is 20.0. The molecule has 0 aliphatic heterocycles. The van der Waals surface area contributed by atoms with E-state index in [-0.39, 0.29) is 35.6 Å². The maximum absolute atomic E-state index is 12.9. The Hall–Kier alpha value is -3.75. The lowest BCUT2D eigenvalue weighted by Gasteiger charge is -2.14. The van der Waals surface area contributed by atoms with E-state index in [0.717, 1.165) is 5.56 Å². The fourth-order valence-corrected chi connectivity index (χ4v) is 2.83. The summed E-state index contributed by atoms with van der Waals surface area (Å²) in [4.78, 5) is 23.5. The third-order valence-electron chi connectivity index (χ3n) is 4.59. The highest BCUT2D eigenvalue weighted by Crippen LogP contribution is 2.15. The first kappa shape index (κ1) is 21.0. The fourth-order valence-electron chi connectivity index (χ4n) is 2.83. The predicted octanol–water partition coefficient (Wildman–Crippen LogP) is 2.99. The van der Waals surface area contributed by atoms with Crippen molar-refractivity contribution in [3.8, 4) is 5.75 Å². The van der Waals surface area contributed by atoms with Gasteiger partial charge in [0.2, 0.25) is 0 Å². The Morgan fingerprint density at radius 3 is 2.47 bits per heavy atom. The Kier molecular flexibility index (Phi) is 6.41. The van der Waals surface area contributed by atoms with Gasteiger partial charge in [-0.15, -0.1) is 5.10 Å². The molecule has 9 heteroatoms. The Balaban J connectivity index is 1.57. The average Bonchev–Trinajstić information content (AvgIpc) is 3.10. The quantitative estimate of drug-likeness (QED) is 0.589. The number of aromatic nitrogens is 3. The smallest absolute Gasteiger partial charge is 0.335 e. The van der Waals surface area contributed by atoms with Crippen molar-refractivity contribution in [3.05, 3.63) is 76.9 Å². The van der Waals surface area contributed by atoms with Crippen molar-refractivity contribution in [1.29, 1.82) is 0 Å². The number of nitrogens with zero attached hydrogens (tertiary/aromatic N) is 3. The van der Waals surface area contributed by atoms with Gasteiger partial charge in [0.1, 0.15) is 18.2 Å². The lowest BCUT2D eigenvalue weighted by Crippen LogP contribution is -2.27. The van der Waals surface area contributed by atoms with Crippen LogP contribution < -0.4 is 10.1 Å². The molecule has 0 radical (unpaired) electrons. The minimum atomic E-state index is -1.01. The molecule has 0 bridgehead atoms. The SMILES string of the molecule is Cc1c(C(=O)N[C@@H](C)c2ccc(C(=O)O)cc2)nnn1CCOc1ccc(F)cc1. The van der Waals surface area contributed by atoms with Gasteiger partial charge >= 0.3 is 5.97 Å². The standard InChI is InChI=1S/C21H21FN4O4/c1-13(15-3-5-16(6-4-15)21(28)29)23-20(27)19-14(2)26(25-24-19)11-12-30-18-9-7-17(22)8-10-18/h3-10,13H,11-12H2,1-2H3,(H,23,27)(H,28,29)/t13-/m0/s1. The van der Waals surface area contributed by atoms with E-state index in [1.807, 2.05) is 0 Å². The Morgan fingerprint density at radius 2 is 1.83 bits per heavy atom. The second-order valence-corrected chi connectivity index (χ2v) is 6.67. The molecule has 3 rings (SSSR count). The first-order valence-electron chi connectivity index (χ1n) is 9.27. The van der Waals surface area contributed by atoms with Gasteiger partial charge in [-0.3, -0.25) is 4.79 Å². The van der Waals surface area contributed by atoms with Gasteiger partial charge in [-0.25, -0.2) is 13.9 Å². The van der Waals surface area contributed by atoms with Crippen LogP contribution in [-0.2, 0) is 6.54 Å². The van der Waals surface area contributed by atoms with Crippen molar-refractivity contribution in [1.82, 2.24) is 20.3 Å². The number of aromatic carboxylic acids is 1. The molecule has 0 fully saturated rings. The fraction of sp³-hybridized carbons (Fsp3) is 0.238. The van der Waals surface area contributed by atoms with Gasteiger partial charge in [0.25, 0.3) is 5.91 Å². The number of benzene rings is 2. The summed E-state index contributed by atoms with van der Waals surface area (Å²) in [5, 5.41) is 19.7. The molecular formula is C21H21FN4O4. The van der Waals surface area contributed by atoms with Crippen molar-refractivity contribution in [3.63, 3.8) is 0 Å². The highest BCUT2D eigenvalue weighted by molar-refractivity contribution is 5.93. The molecule has 3 aromatic rings. The summed E-state index contributed by atoms with van der Waals surface area (Å²) >= 11 is 0. The molecule has 0 unspecified atom stereocenters. The normalized spacial score (nSPS) is 11.7. The van der Waals surface area contributed by atoms with E-state index < -0.39 is 5.97 Å². The van der Waals surface area contributed by atoms with Crippen LogP contribution in [-0.4, -0.2) is 38.6 Å². The highest BCUT2D eigenvalue weighted by Gasteiger charge is 2.19. The number of hydrogen-bond donors (Lipinski definition) is 2. The summed E-state index contributed by atoms with van der Waals surface area (Å²) in [6.45, 7) is 4.18. The maximum atomic E-state index is 12.9. The average molecular weight is 412 g/mol. The number of halogens is 1. The molecule has 1 heterocycles. The molecule has 0 aliphatic rings. The summed E-state index contributed by atoms with van der Waals surface area (Å²) in [5.74, 6) is -1.19. The molecule has 0 saturated carbocycles. The van der Waals surface area contributed by atoms with Gasteiger partial charge in [0.05, 0.1) is 23.8 Å². The topological polar surface area (TPSA) is 106 Å². The van der Waals surface area contributed by atoms with E-state index in [9.17, 15) is 14.0 Å². The first-order chi connectivity index (χ1) is 14.3. The molecule has 1 aromatic heterocycles. The molecule has 8 nitrogen and oxygen atoms in total. The maximum Gasteiger partial charge on any atom is 0.335 e.